The molecule has 0 aromatic rings. The first kappa shape index (κ1) is 11.5. The molecule has 1 saturated heterocycles. The first-order valence-corrected chi connectivity index (χ1v) is 7.37. The molecule has 96 valence electrons. The quantitative estimate of drug-likeness (QED) is 0.799. The van der Waals surface area contributed by atoms with Gasteiger partial charge in [-0.25, -0.2) is 4.99 Å². The molecule has 3 nitrogen and oxygen atoms in total. The highest BCUT2D eigenvalue weighted by molar-refractivity contribution is 5.83. The van der Waals surface area contributed by atoms with Gasteiger partial charge in [0, 0.05) is 0 Å². The van der Waals surface area contributed by atoms with Crippen LogP contribution in [0.4, 0.5) is 0 Å². The Morgan fingerprint density at radius 3 is 2.59 bits per heavy atom. The number of ether oxygens (including phenoxy) is 1. The maximum absolute atomic E-state index is 5.85. The second-order valence-electron chi connectivity index (χ2n) is 5.75. The predicted molar refractivity (Wildman–Crippen MR) is 69.4 cm³/mol. The topological polar surface area (TPSA) is 33.6 Å². The lowest BCUT2D eigenvalue weighted by Crippen LogP contribution is -2.40. The first-order chi connectivity index (χ1) is 8.43. The summed E-state index contributed by atoms with van der Waals surface area (Å²) in [4.78, 5) is 4.87. The van der Waals surface area contributed by atoms with Crippen LogP contribution in [0.15, 0.2) is 4.99 Å². The molecule has 0 aromatic heterocycles. The van der Waals surface area contributed by atoms with E-state index in [0.717, 1.165) is 25.0 Å². The van der Waals surface area contributed by atoms with Crippen LogP contribution in [0.3, 0.4) is 0 Å². The second kappa shape index (κ2) is 5.38. The van der Waals surface area contributed by atoms with Gasteiger partial charge in [0.05, 0.1) is 12.1 Å². The summed E-state index contributed by atoms with van der Waals surface area (Å²) < 4.78 is 5.85. The van der Waals surface area contributed by atoms with E-state index in [1.165, 1.54) is 51.4 Å². The average molecular weight is 236 g/mol. The van der Waals surface area contributed by atoms with Gasteiger partial charge in [0.1, 0.15) is 6.61 Å². The second-order valence-corrected chi connectivity index (χ2v) is 5.75. The Kier molecular flexibility index (Phi) is 3.65. The van der Waals surface area contributed by atoms with Crippen molar-refractivity contribution in [2.75, 3.05) is 13.2 Å². The van der Waals surface area contributed by atoms with E-state index in [-0.39, 0.29) is 0 Å². The van der Waals surface area contributed by atoms with Gasteiger partial charge in [0.25, 0.3) is 0 Å². The van der Waals surface area contributed by atoms with Crippen molar-refractivity contribution < 1.29 is 4.74 Å². The summed E-state index contributed by atoms with van der Waals surface area (Å²) in [7, 11) is 0. The van der Waals surface area contributed by atoms with Crippen LogP contribution in [0.25, 0.3) is 0 Å². The summed E-state index contributed by atoms with van der Waals surface area (Å²) >= 11 is 0. The molecule has 1 aliphatic carbocycles. The van der Waals surface area contributed by atoms with Crippen molar-refractivity contribution in [3.63, 3.8) is 0 Å². The molecule has 0 spiro atoms. The van der Waals surface area contributed by atoms with Gasteiger partial charge < -0.3 is 10.1 Å². The highest BCUT2D eigenvalue weighted by Gasteiger charge is 2.31. The third-order valence-electron chi connectivity index (χ3n) is 4.50. The molecule has 2 heterocycles. The third-order valence-corrected chi connectivity index (χ3v) is 4.50. The van der Waals surface area contributed by atoms with Gasteiger partial charge in [-0.15, -0.1) is 0 Å². The standard InChI is InChI=1S/C14H24N2O/c1-2-6-11(7-3-1)13-10-17-14(16-13)12-8-4-5-9-15-12/h11-13,15H,1-10H2. The average Bonchev–Trinajstić information content (AvgIpc) is 2.90. The molecule has 3 rings (SSSR count). The van der Waals surface area contributed by atoms with Crippen molar-refractivity contribution in [3.05, 3.63) is 0 Å². The van der Waals surface area contributed by atoms with Crippen molar-refractivity contribution in [1.29, 1.82) is 0 Å². The van der Waals surface area contributed by atoms with Gasteiger partial charge >= 0.3 is 0 Å². The number of hydrogen-bond donors (Lipinski definition) is 1. The molecule has 1 N–H and O–H groups in total. The molecule has 2 unspecified atom stereocenters. The molecular formula is C14H24N2O. The van der Waals surface area contributed by atoms with Crippen LogP contribution in [-0.4, -0.2) is 31.1 Å². The molecule has 2 atom stereocenters. The molecular weight excluding hydrogens is 212 g/mol. The maximum Gasteiger partial charge on any atom is 0.201 e. The molecule has 0 amide bonds. The van der Waals surface area contributed by atoms with Gasteiger partial charge in [-0.3, -0.25) is 0 Å². The van der Waals surface area contributed by atoms with E-state index in [9.17, 15) is 0 Å². The van der Waals surface area contributed by atoms with Gasteiger partial charge in [0.15, 0.2) is 0 Å². The molecule has 17 heavy (non-hydrogen) atoms. The highest BCUT2D eigenvalue weighted by Crippen LogP contribution is 2.30. The van der Waals surface area contributed by atoms with Gasteiger partial charge in [-0.05, 0) is 38.1 Å². The summed E-state index contributed by atoms with van der Waals surface area (Å²) in [6.45, 7) is 1.97. The van der Waals surface area contributed by atoms with E-state index in [0.29, 0.717) is 12.1 Å². The van der Waals surface area contributed by atoms with Crippen LogP contribution in [0.5, 0.6) is 0 Å². The predicted octanol–water partition coefficient (Wildman–Crippen LogP) is 2.51. The number of aliphatic imine (C=N–C) groups is 1. The number of nitrogens with one attached hydrogen (secondary N) is 1. The number of nitrogens with zero attached hydrogens (tertiary/aromatic N) is 1. The van der Waals surface area contributed by atoms with Crippen LogP contribution in [0.1, 0.15) is 51.4 Å². The number of piperidine rings is 1. The lowest BCUT2D eigenvalue weighted by Gasteiger charge is -2.24. The lowest BCUT2D eigenvalue weighted by atomic mass is 9.84. The minimum absolute atomic E-state index is 0.414. The Bertz CT molecular complexity index is 278. The summed E-state index contributed by atoms with van der Waals surface area (Å²) in [5.74, 6) is 1.81. The van der Waals surface area contributed by atoms with Gasteiger partial charge in [-0.1, -0.05) is 25.7 Å². The smallest absolute Gasteiger partial charge is 0.201 e. The van der Waals surface area contributed by atoms with Crippen molar-refractivity contribution in [1.82, 2.24) is 5.32 Å². The zero-order valence-corrected chi connectivity index (χ0v) is 10.7. The maximum atomic E-state index is 5.85. The number of rotatable bonds is 2. The molecule has 3 heteroatoms. The highest BCUT2D eigenvalue weighted by atomic mass is 16.5. The van der Waals surface area contributed by atoms with Crippen LogP contribution in [0, 0.1) is 5.92 Å². The third kappa shape index (κ3) is 2.65. The summed E-state index contributed by atoms with van der Waals surface area (Å²) in [6.07, 6.45) is 10.8. The molecule has 2 aliphatic heterocycles. The number of hydrogen-bond acceptors (Lipinski definition) is 3. The molecule has 0 radical (unpaired) electrons. The minimum atomic E-state index is 0.414. The van der Waals surface area contributed by atoms with Gasteiger partial charge in [0.2, 0.25) is 5.90 Å². The Morgan fingerprint density at radius 1 is 1.00 bits per heavy atom. The molecule has 2 fully saturated rings. The van der Waals surface area contributed by atoms with Crippen LogP contribution < -0.4 is 5.32 Å². The van der Waals surface area contributed by atoms with E-state index in [1.54, 1.807) is 0 Å². The van der Waals surface area contributed by atoms with Crippen LogP contribution in [0.2, 0.25) is 0 Å². The zero-order chi connectivity index (χ0) is 11.5. The summed E-state index contributed by atoms with van der Waals surface area (Å²) in [5, 5.41) is 3.53. The van der Waals surface area contributed by atoms with Gasteiger partial charge in [-0.2, -0.15) is 0 Å². The van der Waals surface area contributed by atoms with Crippen LogP contribution >= 0.6 is 0 Å². The molecule has 0 aromatic carbocycles. The Labute approximate surface area is 104 Å². The van der Waals surface area contributed by atoms with E-state index >= 15 is 0 Å². The summed E-state index contributed by atoms with van der Waals surface area (Å²) in [6, 6.07) is 0.881. The van der Waals surface area contributed by atoms with Crippen molar-refractivity contribution in [2.24, 2.45) is 10.9 Å². The first-order valence-electron chi connectivity index (χ1n) is 7.37. The Balaban J connectivity index is 1.59. The largest absolute Gasteiger partial charge is 0.478 e. The fourth-order valence-corrected chi connectivity index (χ4v) is 3.42. The SMILES string of the molecule is C1CCC(C2COC(C3CCCCN3)=N2)CC1. The molecule has 3 aliphatic rings. The zero-order valence-electron chi connectivity index (χ0n) is 10.7. The van der Waals surface area contributed by atoms with Crippen molar-refractivity contribution in [3.8, 4) is 0 Å². The van der Waals surface area contributed by atoms with E-state index in [4.69, 9.17) is 9.73 Å². The van der Waals surface area contributed by atoms with E-state index in [1.807, 2.05) is 0 Å². The lowest BCUT2D eigenvalue weighted by molar-refractivity contribution is 0.233. The fourth-order valence-electron chi connectivity index (χ4n) is 3.42. The minimum Gasteiger partial charge on any atom is -0.478 e. The molecule has 0 bridgehead atoms. The molecule has 1 saturated carbocycles. The van der Waals surface area contributed by atoms with Crippen molar-refractivity contribution in [2.45, 2.75) is 63.5 Å². The van der Waals surface area contributed by atoms with E-state index in [2.05, 4.69) is 5.32 Å². The Morgan fingerprint density at radius 2 is 1.82 bits per heavy atom. The normalized spacial score (nSPS) is 35.4. The summed E-state index contributed by atoms with van der Waals surface area (Å²) in [5.41, 5.74) is 0. The van der Waals surface area contributed by atoms with Crippen LogP contribution in [-0.2, 0) is 4.74 Å². The van der Waals surface area contributed by atoms with Crippen molar-refractivity contribution >= 4 is 5.90 Å². The van der Waals surface area contributed by atoms with E-state index < -0.39 is 0 Å². The Hall–Kier alpha value is -0.570. The monoisotopic (exact) mass is 236 g/mol. The fraction of sp³-hybridized carbons (Fsp3) is 0.929.